The van der Waals surface area contributed by atoms with Crippen LogP contribution in [0.5, 0.6) is 0 Å². The molecule has 2 bridgehead atoms. The number of carbonyl (C=O) groups excluding carboxylic acids is 4. The minimum absolute atomic E-state index is 0.349. The number of aliphatic hydroxyl groups excluding tert-OH is 1. The first kappa shape index (κ1) is 64.2. The van der Waals surface area contributed by atoms with Crippen LogP contribution in [0.3, 0.4) is 0 Å². The van der Waals surface area contributed by atoms with Crippen molar-refractivity contribution in [1.29, 1.82) is 0 Å². The van der Waals surface area contributed by atoms with Crippen molar-refractivity contribution in [3.8, 4) is 11.8 Å². The summed E-state index contributed by atoms with van der Waals surface area (Å²) in [6.45, 7) is 0.565. The Morgan fingerprint density at radius 3 is 1.96 bits per heavy atom. The molecular weight excluding hydrogens is 1140 g/mol. The second-order valence-corrected chi connectivity index (χ2v) is 23.5. The fourth-order valence-corrected chi connectivity index (χ4v) is 10.6. The van der Waals surface area contributed by atoms with E-state index in [0.717, 1.165) is 51.0 Å². The van der Waals surface area contributed by atoms with Crippen molar-refractivity contribution >= 4 is 41.5 Å². The number of carbonyl (C=O) groups is 4. The molecule has 5 aliphatic rings. The molecule has 2 saturated carbocycles. The number of nitrogens with zero attached hydrogens (tertiary/aromatic N) is 5. The van der Waals surface area contributed by atoms with Gasteiger partial charge in [-0.2, -0.15) is 35.1 Å². The van der Waals surface area contributed by atoms with Crippen molar-refractivity contribution in [2.45, 2.75) is 153 Å². The number of amides is 2. The van der Waals surface area contributed by atoms with E-state index in [2.05, 4.69) is 32.1 Å². The molecule has 3 aliphatic heterocycles. The number of alkyl carbamates (subject to hydrolysis) is 1. The number of esters is 1. The summed E-state index contributed by atoms with van der Waals surface area (Å²) in [5.74, 6) is -3.59. The van der Waals surface area contributed by atoms with Gasteiger partial charge in [-0.05, 0) is 113 Å². The van der Waals surface area contributed by atoms with Crippen LogP contribution < -0.4 is 21.4 Å². The van der Waals surface area contributed by atoms with E-state index in [9.17, 15) is 59.4 Å². The number of nitrogens with one attached hydrogen (secondary N) is 2. The number of anilines is 1. The van der Waals surface area contributed by atoms with E-state index in [-0.39, 0.29) is 12.0 Å². The van der Waals surface area contributed by atoms with Crippen molar-refractivity contribution in [1.82, 2.24) is 25.6 Å². The number of piperazine rings is 1. The van der Waals surface area contributed by atoms with Gasteiger partial charge in [-0.1, -0.05) is 37.8 Å². The number of allylic oxidation sites excluding steroid dienone is 1. The number of ketones is 1. The van der Waals surface area contributed by atoms with Gasteiger partial charge in [-0.15, -0.1) is 0 Å². The lowest BCUT2D eigenvalue weighted by Gasteiger charge is -2.47. The van der Waals surface area contributed by atoms with Crippen LogP contribution in [0.1, 0.15) is 107 Å². The highest BCUT2D eigenvalue weighted by molar-refractivity contribution is 5.89. The number of benzene rings is 2. The molecule has 4 heterocycles. The van der Waals surface area contributed by atoms with Gasteiger partial charge in [0, 0.05) is 85.0 Å². The normalized spacial score (nSPS) is 20.3. The molecule has 5 fully saturated rings. The predicted molar refractivity (Wildman–Crippen MR) is 290 cm³/mol. The second kappa shape index (κ2) is 26.4. The zero-order valence-electron chi connectivity index (χ0n) is 47.1. The SMILES string of the molecule is CC(C)([C@H](CC(=O)OC1CC1)C(=O)NN(Cc1c(F)cc(C(N)=CC=NC(F)F)cc1F)C[C@H](O)[C@@H](CC(=O)[C@@H](NC(=O)OC1CC1)C(C)(C)C(F)(F)F)Cc1ccc(C#Cc2ccc(N3CC4CCC(C3)N4C3COC3)nc2)cc1)C(F)(F)F. The first-order chi connectivity index (χ1) is 40.0. The average molecular weight is 1210 g/mol. The van der Waals surface area contributed by atoms with Crippen LogP contribution >= 0.6 is 0 Å². The Morgan fingerprint density at radius 1 is 0.835 bits per heavy atom. The summed E-state index contributed by atoms with van der Waals surface area (Å²) in [6.07, 6.45) is -10.2. The van der Waals surface area contributed by atoms with Crippen molar-refractivity contribution < 1.29 is 82.4 Å². The zero-order valence-corrected chi connectivity index (χ0v) is 47.1. The number of alkyl halides is 8. The Morgan fingerprint density at radius 2 is 1.42 bits per heavy atom. The highest BCUT2D eigenvalue weighted by Gasteiger charge is 2.57. The van der Waals surface area contributed by atoms with Crippen molar-refractivity contribution in [3.05, 3.63) is 100 Å². The summed E-state index contributed by atoms with van der Waals surface area (Å²) < 4.78 is 162. The Kier molecular flexibility index (Phi) is 20.0. The fourth-order valence-electron chi connectivity index (χ4n) is 10.6. The van der Waals surface area contributed by atoms with Crippen molar-refractivity contribution in [3.63, 3.8) is 0 Å². The molecule has 2 unspecified atom stereocenters. The van der Waals surface area contributed by atoms with Crippen LogP contribution in [0.15, 0.2) is 65.8 Å². The molecule has 3 saturated heterocycles. The number of rotatable bonds is 24. The number of aliphatic imine (C=N–C) groups is 1. The van der Waals surface area contributed by atoms with Gasteiger partial charge in [-0.25, -0.2) is 28.6 Å². The molecule has 85 heavy (non-hydrogen) atoms. The zero-order chi connectivity index (χ0) is 61.8. The van der Waals surface area contributed by atoms with Gasteiger partial charge in [0.1, 0.15) is 35.7 Å². The molecule has 0 radical (unpaired) electrons. The molecule has 1 aromatic heterocycles. The summed E-state index contributed by atoms with van der Waals surface area (Å²) in [5.41, 5.74) is 1.82. The van der Waals surface area contributed by atoms with Crippen LogP contribution in [-0.4, -0.2) is 144 Å². The molecule has 6 atom stereocenters. The van der Waals surface area contributed by atoms with Gasteiger partial charge in [0.25, 0.3) is 0 Å². The third-order valence-electron chi connectivity index (χ3n) is 16.4. The van der Waals surface area contributed by atoms with E-state index >= 15 is 8.78 Å². The van der Waals surface area contributed by atoms with E-state index < -0.39 is 139 Å². The Labute approximate surface area is 484 Å². The minimum Gasteiger partial charge on any atom is -0.462 e. The summed E-state index contributed by atoms with van der Waals surface area (Å²) in [5, 5.41) is 14.9. The minimum atomic E-state index is -5.16. The quantitative estimate of drug-likeness (QED) is 0.0166. The van der Waals surface area contributed by atoms with Gasteiger partial charge in [-0.3, -0.25) is 24.7 Å². The summed E-state index contributed by atoms with van der Waals surface area (Å²) >= 11 is 0. The monoisotopic (exact) mass is 1210 g/mol. The predicted octanol–water partition coefficient (Wildman–Crippen LogP) is 8.56. The molecule has 3 aromatic rings. The van der Waals surface area contributed by atoms with Gasteiger partial charge in [0.2, 0.25) is 5.91 Å². The van der Waals surface area contributed by atoms with Gasteiger partial charge >= 0.3 is 31.0 Å². The number of Topliss-reactive ketones (excluding diaryl/α,β-unsaturated/α-hetero) is 1. The lowest BCUT2D eigenvalue weighted by atomic mass is 9.75. The van der Waals surface area contributed by atoms with Crippen LogP contribution in [0, 0.1) is 46.1 Å². The largest absolute Gasteiger partial charge is 0.462 e. The molecule has 26 heteroatoms. The standard InChI is InChI=1S/C59H68F10N8O8/c1-56(2,58(64,65)66)44(25-51(80)84-41-14-15-41)53(81)74-76(29-43-45(60)22-36(23-46(43)61)47(70)19-20-71-54(62)63)30-49(79)37(24-48(78)52(57(3,4)59(67,68)69)73-55(82)85-42-16-17-42)21-34-8-5-33(6-9-34)7-10-35-11-18-50(72-26-35)75-27-38-12-13-39(28-75)77(38)40-31-83-32-40/h5-6,8-9,11,18-20,22-23,26,37-42,44,49,52,54,79H,12-17,21,24-25,27-32,70H2,1-4H3,(H,73,82)(H,74,81)/t37-,38?,39?,44-,49+,52-/m1/s1. The van der Waals surface area contributed by atoms with E-state index in [1.165, 1.54) is 0 Å². The average Bonchev–Trinajstić information content (AvgIpc) is 2.03. The number of halogens is 10. The lowest BCUT2D eigenvalue weighted by molar-refractivity contribution is -0.231. The lowest BCUT2D eigenvalue weighted by Crippen LogP contribution is -2.62. The number of fused-ring (bicyclic) bond motifs is 2. The van der Waals surface area contributed by atoms with E-state index in [1.54, 1.807) is 30.5 Å². The van der Waals surface area contributed by atoms with Gasteiger partial charge in [0.05, 0.1) is 48.5 Å². The maximum absolute atomic E-state index is 16.1. The first-order valence-electron chi connectivity index (χ1n) is 28.0. The molecule has 462 valence electrons. The summed E-state index contributed by atoms with van der Waals surface area (Å²) in [4.78, 5) is 67.1. The fraction of sp³-hybridized carbons (Fsp3) is 0.559. The summed E-state index contributed by atoms with van der Waals surface area (Å²) in [7, 11) is 0. The number of pyridine rings is 1. The van der Waals surface area contributed by atoms with Crippen LogP contribution in [0.25, 0.3) is 5.70 Å². The molecular formula is C59H68F10N8O8. The van der Waals surface area contributed by atoms with Gasteiger partial charge in [0.15, 0.2) is 5.78 Å². The second-order valence-electron chi connectivity index (χ2n) is 23.5. The summed E-state index contributed by atoms with van der Waals surface area (Å²) in [6, 6.07) is 10.4. The highest BCUT2D eigenvalue weighted by Crippen LogP contribution is 2.46. The number of nitrogens with two attached hydrogens (primary N) is 1. The molecule has 16 nitrogen and oxygen atoms in total. The van der Waals surface area contributed by atoms with Crippen LogP contribution in [0.2, 0.25) is 0 Å². The van der Waals surface area contributed by atoms with E-state index in [0.29, 0.717) is 112 Å². The van der Waals surface area contributed by atoms with Crippen LogP contribution in [0.4, 0.5) is 54.5 Å². The van der Waals surface area contributed by atoms with Crippen LogP contribution in [-0.2, 0) is 41.6 Å². The number of hydrogen-bond donors (Lipinski definition) is 4. The number of aliphatic hydroxyl groups is 1. The topological polar surface area (TPSA) is 201 Å². The maximum atomic E-state index is 16.1. The number of aromatic nitrogens is 1. The molecule has 5 N–H and O–H groups in total. The Hall–Kier alpha value is -6.82. The van der Waals surface area contributed by atoms with Gasteiger partial charge < -0.3 is 35.3 Å². The smallest absolute Gasteiger partial charge is 0.408 e. The first-order valence-corrected chi connectivity index (χ1v) is 28.0. The molecule has 2 aromatic carbocycles. The van der Waals surface area contributed by atoms with Crippen molar-refractivity contribution in [2.24, 2.45) is 33.4 Å². The molecule has 0 spiro atoms. The molecule has 2 amide bonds. The number of ether oxygens (including phenoxy) is 3. The number of hydrogen-bond acceptors (Lipinski definition) is 14. The Balaban J connectivity index is 1.08. The van der Waals surface area contributed by atoms with Crippen molar-refractivity contribution in [2.75, 3.05) is 37.7 Å². The highest BCUT2D eigenvalue weighted by atomic mass is 19.4. The van der Waals surface area contributed by atoms with E-state index in [4.69, 9.17) is 24.9 Å². The third kappa shape index (κ3) is 16.4. The maximum Gasteiger partial charge on any atom is 0.408 e. The third-order valence-corrected chi connectivity index (χ3v) is 16.4. The molecule has 2 aliphatic carbocycles. The number of hydrazine groups is 1. The Bertz CT molecular complexity index is 2970. The molecule has 8 rings (SSSR count). The van der Waals surface area contributed by atoms with E-state index in [1.807, 2.05) is 17.4 Å².